The Hall–Kier alpha value is -1.54. The summed E-state index contributed by atoms with van der Waals surface area (Å²) in [5.41, 5.74) is 7.45. The Bertz CT molecular complexity index is 985. The molecule has 0 aliphatic heterocycles. The van der Waals surface area contributed by atoms with Crippen molar-refractivity contribution in [2.24, 2.45) is 10.8 Å². The molecule has 2 aromatic heterocycles. The zero-order valence-corrected chi connectivity index (χ0v) is 29.8. The maximum Gasteiger partial charge on any atom is 0.112 e. The van der Waals surface area contributed by atoms with E-state index in [1.165, 1.54) is 16.0 Å². The van der Waals surface area contributed by atoms with Crippen molar-refractivity contribution in [3.05, 3.63) is 68.8 Å². The van der Waals surface area contributed by atoms with E-state index in [1.54, 1.807) is 17.4 Å². The lowest BCUT2D eigenvalue weighted by molar-refractivity contribution is 0.392. The lowest BCUT2D eigenvalue weighted by Gasteiger charge is -2.29. The molecule has 0 fully saturated rings. The van der Waals surface area contributed by atoms with E-state index in [0.29, 0.717) is 10.8 Å². The quantitative estimate of drug-likeness (QED) is 0.315. The minimum atomic E-state index is 0.103. The molecular weight excluding hydrogens is 492 g/mol. The molecule has 1 aliphatic rings. The van der Waals surface area contributed by atoms with Gasteiger partial charge in [-0.05, 0) is 67.7 Å². The summed E-state index contributed by atoms with van der Waals surface area (Å²) in [6.45, 7) is 40.7. The monoisotopic (exact) mass is 554 g/mol. The number of thiophene rings is 1. The molecule has 1 aliphatic carbocycles. The highest BCUT2D eigenvalue weighted by Crippen LogP contribution is 2.42. The SMILES string of the molecule is CC(C)(C)C1=C(C(C)(C)C)CC=C1.CC(C)(C)c1ccoc1C(C)(C)C.CC(C)(C)c1ccsc1C(C)(C)C. The first-order valence-corrected chi connectivity index (χ1v) is 15.6. The van der Waals surface area contributed by atoms with E-state index in [4.69, 9.17) is 4.42 Å². The van der Waals surface area contributed by atoms with Gasteiger partial charge in [0.05, 0.1) is 6.26 Å². The molecule has 222 valence electrons. The van der Waals surface area contributed by atoms with Gasteiger partial charge in [0.2, 0.25) is 0 Å². The fourth-order valence-electron chi connectivity index (χ4n) is 4.88. The first kappa shape index (κ1) is 35.5. The number of hydrogen-bond donors (Lipinski definition) is 0. The second-order valence-corrected chi connectivity index (χ2v) is 18.2. The van der Waals surface area contributed by atoms with E-state index in [1.807, 2.05) is 11.3 Å². The minimum absolute atomic E-state index is 0.103. The molecule has 0 radical (unpaired) electrons. The Morgan fingerprint density at radius 2 is 1.08 bits per heavy atom. The van der Waals surface area contributed by atoms with Crippen molar-refractivity contribution in [3.63, 3.8) is 0 Å². The van der Waals surface area contributed by atoms with E-state index >= 15 is 0 Å². The highest BCUT2D eigenvalue weighted by Gasteiger charge is 2.29. The van der Waals surface area contributed by atoms with Gasteiger partial charge in [0.25, 0.3) is 0 Å². The molecule has 0 spiro atoms. The molecule has 3 rings (SSSR count). The molecule has 2 aromatic rings. The summed E-state index contributed by atoms with van der Waals surface area (Å²) >= 11 is 1.88. The molecule has 0 aromatic carbocycles. The van der Waals surface area contributed by atoms with Gasteiger partial charge in [-0.15, -0.1) is 11.3 Å². The van der Waals surface area contributed by atoms with Crippen molar-refractivity contribution < 1.29 is 4.42 Å². The number of hydrogen-bond acceptors (Lipinski definition) is 2. The third-order valence-corrected chi connectivity index (χ3v) is 8.29. The van der Waals surface area contributed by atoms with Gasteiger partial charge in [0.15, 0.2) is 0 Å². The molecule has 0 N–H and O–H groups in total. The maximum absolute atomic E-state index is 5.56. The van der Waals surface area contributed by atoms with Gasteiger partial charge in [-0.25, -0.2) is 0 Å². The first-order chi connectivity index (χ1) is 17.2. The lowest BCUT2D eigenvalue weighted by atomic mass is 9.76. The molecule has 39 heavy (non-hydrogen) atoms. The number of allylic oxidation sites excluding steroid dienone is 4. The molecule has 2 heteroatoms. The topological polar surface area (TPSA) is 13.1 Å². The molecule has 0 amide bonds. The van der Waals surface area contributed by atoms with Crippen LogP contribution in [0.2, 0.25) is 0 Å². The van der Waals surface area contributed by atoms with Crippen LogP contribution in [0.4, 0.5) is 0 Å². The summed E-state index contributed by atoms with van der Waals surface area (Å²) < 4.78 is 5.56. The van der Waals surface area contributed by atoms with Crippen molar-refractivity contribution in [3.8, 4) is 0 Å². The summed E-state index contributed by atoms with van der Waals surface area (Å²) in [7, 11) is 0. The molecular formula is C37H62OS. The Kier molecular flexibility index (Phi) is 11.0. The van der Waals surface area contributed by atoms with Crippen molar-refractivity contribution >= 4 is 11.3 Å². The van der Waals surface area contributed by atoms with Crippen molar-refractivity contribution in [1.29, 1.82) is 0 Å². The maximum atomic E-state index is 5.56. The van der Waals surface area contributed by atoms with Crippen LogP contribution in [0.25, 0.3) is 0 Å². The van der Waals surface area contributed by atoms with Crippen LogP contribution in [0.5, 0.6) is 0 Å². The van der Waals surface area contributed by atoms with Gasteiger partial charge >= 0.3 is 0 Å². The van der Waals surface area contributed by atoms with E-state index in [0.717, 1.165) is 12.2 Å². The van der Waals surface area contributed by atoms with E-state index in [2.05, 4.69) is 154 Å². The van der Waals surface area contributed by atoms with Crippen LogP contribution < -0.4 is 0 Å². The standard InChI is InChI=1S/C13H22.C12H20O.C12H20S/c1-12(2,3)10-8-7-9-11(10)13(4,5)6;2*1-11(2,3)9-7-8-13-10(9)12(4,5)6/h7-8H,9H2,1-6H3;2*7-8H,1-6H3. The Balaban J connectivity index is 0.000000292. The smallest absolute Gasteiger partial charge is 0.112 e. The second kappa shape index (κ2) is 12.1. The third kappa shape index (κ3) is 10.4. The molecule has 0 saturated carbocycles. The van der Waals surface area contributed by atoms with Gasteiger partial charge in [0, 0.05) is 10.3 Å². The van der Waals surface area contributed by atoms with Crippen molar-refractivity contribution in [2.45, 2.75) is 153 Å². The highest BCUT2D eigenvalue weighted by atomic mass is 32.1. The number of furan rings is 1. The van der Waals surface area contributed by atoms with E-state index in [9.17, 15) is 0 Å². The average Bonchev–Trinajstić information content (AvgIpc) is 3.45. The molecule has 1 nitrogen and oxygen atoms in total. The van der Waals surface area contributed by atoms with Gasteiger partial charge in [-0.2, -0.15) is 0 Å². The minimum Gasteiger partial charge on any atom is -0.468 e. The van der Waals surface area contributed by atoms with Crippen LogP contribution in [0.1, 0.15) is 153 Å². The molecule has 0 unspecified atom stereocenters. The van der Waals surface area contributed by atoms with E-state index < -0.39 is 0 Å². The first-order valence-electron chi connectivity index (χ1n) is 14.8. The normalized spacial score (nSPS) is 15.1. The van der Waals surface area contributed by atoms with E-state index in [-0.39, 0.29) is 21.7 Å². The van der Waals surface area contributed by atoms with Crippen LogP contribution >= 0.6 is 11.3 Å². The van der Waals surface area contributed by atoms with Gasteiger partial charge in [0.1, 0.15) is 5.76 Å². The second-order valence-electron chi connectivity index (χ2n) is 17.3. The van der Waals surface area contributed by atoms with Gasteiger partial charge in [-0.1, -0.05) is 142 Å². The summed E-state index contributed by atoms with van der Waals surface area (Å²) in [5, 5.41) is 2.21. The summed E-state index contributed by atoms with van der Waals surface area (Å²) in [4.78, 5) is 1.53. The zero-order chi connectivity index (χ0) is 30.8. The van der Waals surface area contributed by atoms with Gasteiger partial charge in [-0.3, -0.25) is 0 Å². The molecule has 0 atom stereocenters. The fraction of sp³-hybridized carbons (Fsp3) is 0.676. The third-order valence-electron chi connectivity index (χ3n) is 6.95. The van der Waals surface area contributed by atoms with Crippen LogP contribution in [-0.4, -0.2) is 0 Å². The van der Waals surface area contributed by atoms with Gasteiger partial charge < -0.3 is 4.42 Å². The zero-order valence-electron chi connectivity index (χ0n) is 29.0. The Labute approximate surface area is 247 Å². The summed E-state index contributed by atoms with van der Waals surface area (Å²) in [5.74, 6) is 1.11. The Morgan fingerprint density at radius 1 is 0.564 bits per heavy atom. The van der Waals surface area contributed by atoms with Crippen molar-refractivity contribution in [2.75, 3.05) is 0 Å². The van der Waals surface area contributed by atoms with Crippen LogP contribution in [0.15, 0.2) is 51.5 Å². The van der Waals surface area contributed by atoms with Crippen LogP contribution in [0, 0.1) is 10.8 Å². The summed E-state index contributed by atoms with van der Waals surface area (Å²) in [6, 6.07) is 4.35. The predicted octanol–water partition coefficient (Wildman–Crippen LogP) is 12.6. The predicted molar refractivity (Wildman–Crippen MR) is 178 cm³/mol. The fourth-order valence-corrected chi connectivity index (χ4v) is 6.07. The number of rotatable bonds is 0. The molecule has 0 bridgehead atoms. The lowest BCUT2D eigenvalue weighted by Crippen LogP contribution is -2.19. The average molecular weight is 555 g/mol. The summed E-state index contributed by atoms with van der Waals surface area (Å²) in [6.07, 6.45) is 7.54. The Morgan fingerprint density at radius 3 is 1.38 bits per heavy atom. The molecule has 0 saturated heterocycles. The van der Waals surface area contributed by atoms with Crippen LogP contribution in [-0.2, 0) is 21.7 Å². The van der Waals surface area contributed by atoms with Crippen molar-refractivity contribution in [1.82, 2.24) is 0 Å². The highest BCUT2D eigenvalue weighted by molar-refractivity contribution is 7.10. The van der Waals surface area contributed by atoms with Crippen LogP contribution in [0.3, 0.4) is 0 Å². The largest absolute Gasteiger partial charge is 0.468 e. The molecule has 2 heterocycles.